The molecule has 0 amide bonds. The molecule has 8 heteroatoms. The summed E-state index contributed by atoms with van der Waals surface area (Å²) in [6, 6.07) is 12.1. The smallest absolute Gasteiger partial charge is 0.130 e. The van der Waals surface area contributed by atoms with Crippen molar-refractivity contribution in [1.29, 1.82) is 0 Å². The van der Waals surface area contributed by atoms with Gasteiger partial charge in [-0.25, -0.2) is 19.1 Å². The molecule has 0 unspecified atom stereocenters. The van der Waals surface area contributed by atoms with Crippen LogP contribution in [0.5, 0.6) is 0 Å². The molecule has 2 aliphatic heterocycles. The Morgan fingerprint density at radius 2 is 1.87 bits per heavy atom. The molecular weight excluding hydrogens is 395 g/mol. The zero-order valence-electron chi connectivity index (χ0n) is 16.9. The van der Waals surface area contributed by atoms with Crippen LogP contribution in [0, 0.1) is 5.82 Å². The lowest BCUT2D eigenvalue weighted by atomic mass is 10.1. The highest BCUT2D eigenvalue weighted by molar-refractivity contribution is 6.14. The third-order valence-corrected chi connectivity index (χ3v) is 5.20. The van der Waals surface area contributed by atoms with Gasteiger partial charge in [0.25, 0.3) is 0 Å². The minimum absolute atomic E-state index is 0.322. The molecule has 3 aromatic rings. The van der Waals surface area contributed by atoms with Gasteiger partial charge in [-0.2, -0.15) is 10.2 Å². The number of anilines is 2. The number of rotatable bonds is 4. The van der Waals surface area contributed by atoms with Crippen LogP contribution < -0.4 is 9.91 Å². The van der Waals surface area contributed by atoms with Gasteiger partial charge in [-0.1, -0.05) is 12.6 Å². The molecule has 156 valence electrons. The van der Waals surface area contributed by atoms with Gasteiger partial charge in [-0.15, -0.1) is 0 Å². The van der Waals surface area contributed by atoms with Crippen LogP contribution in [0.1, 0.15) is 5.69 Å². The zero-order valence-corrected chi connectivity index (χ0v) is 16.9. The van der Waals surface area contributed by atoms with Gasteiger partial charge in [-0.3, -0.25) is 0 Å². The number of aromatic nitrogens is 3. The SMILES string of the molecule is C=C1C=CN(c2ccnc(N3CCOCC3)c2)N=C1c1ccnn1-c1cccc(F)c1. The van der Waals surface area contributed by atoms with Gasteiger partial charge >= 0.3 is 0 Å². The zero-order chi connectivity index (χ0) is 21.2. The van der Waals surface area contributed by atoms with E-state index in [0.29, 0.717) is 24.6 Å². The fourth-order valence-corrected chi connectivity index (χ4v) is 3.62. The second-order valence-electron chi connectivity index (χ2n) is 7.21. The van der Waals surface area contributed by atoms with Crippen molar-refractivity contribution in [2.24, 2.45) is 5.10 Å². The topological polar surface area (TPSA) is 58.8 Å². The maximum absolute atomic E-state index is 13.8. The maximum atomic E-state index is 13.8. The van der Waals surface area contributed by atoms with Crippen molar-refractivity contribution >= 4 is 17.2 Å². The van der Waals surface area contributed by atoms with Crippen LogP contribution in [0.3, 0.4) is 0 Å². The summed E-state index contributed by atoms with van der Waals surface area (Å²) in [6.45, 7) is 7.14. The van der Waals surface area contributed by atoms with E-state index in [9.17, 15) is 4.39 Å². The Kier molecular flexibility index (Phi) is 5.05. The fraction of sp³-hybridized carbons (Fsp3) is 0.174. The molecule has 1 saturated heterocycles. The molecule has 1 aromatic carbocycles. The summed E-state index contributed by atoms with van der Waals surface area (Å²) < 4.78 is 20.9. The molecule has 31 heavy (non-hydrogen) atoms. The highest BCUT2D eigenvalue weighted by atomic mass is 19.1. The number of pyridine rings is 1. The summed E-state index contributed by atoms with van der Waals surface area (Å²) >= 11 is 0. The van der Waals surface area contributed by atoms with Crippen molar-refractivity contribution in [3.8, 4) is 5.69 Å². The van der Waals surface area contributed by atoms with Gasteiger partial charge < -0.3 is 9.64 Å². The number of ether oxygens (including phenoxy) is 1. The van der Waals surface area contributed by atoms with Crippen LogP contribution in [-0.4, -0.2) is 46.8 Å². The fourth-order valence-electron chi connectivity index (χ4n) is 3.62. The lowest BCUT2D eigenvalue weighted by molar-refractivity contribution is 0.122. The molecule has 0 saturated carbocycles. The lowest BCUT2D eigenvalue weighted by Crippen LogP contribution is -2.36. The molecule has 5 rings (SSSR count). The van der Waals surface area contributed by atoms with Crippen LogP contribution in [-0.2, 0) is 4.74 Å². The number of hydrogen-bond donors (Lipinski definition) is 0. The lowest BCUT2D eigenvalue weighted by Gasteiger charge is -2.29. The molecule has 4 heterocycles. The molecule has 0 aliphatic carbocycles. The Balaban J connectivity index is 1.49. The van der Waals surface area contributed by atoms with Gasteiger partial charge in [-0.05, 0) is 42.0 Å². The quantitative estimate of drug-likeness (QED) is 0.651. The number of benzene rings is 1. The predicted octanol–water partition coefficient (Wildman–Crippen LogP) is 3.54. The van der Waals surface area contributed by atoms with E-state index in [0.717, 1.165) is 35.9 Å². The second-order valence-corrected chi connectivity index (χ2v) is 7.21. The van der Waals surface area contributed by atoms with Gasteiger partial charge in [0.05, 0.1) is 36.5 Å². The molecule has 0 atom stereocenters. The van der Waals surface area contributed by atoms with Crippen LogP contribution in [0.4, 0.5) is 15.9 Å². The molecule has 2 aliphatic rings. The largest absolute Gasteiger partial charge is 0.378 e. The minimum Gasteiger partial charge on any atom is -0.378 e. The predicted molar refractivity (Wildman–Crippen MR) is 118 cm³/mol. The van der Waals surface area contributed by atoms with E-state index < -0.39 is 0 Å². The number of morpholine rings is 1. The number of halogens is 1. The first-order valence-electron chi connectivity index (χ1n) is 10.0. The van der Waals surface area contributed by atoms with Gasteiger partial charge in [0.2, 0.25) is 0 Å². The van der Waals surface area contributed by atoms with E-state index in [4.69, 9.17) is 9.84 Å². The molecule has 2 aromatic heterocycles. The van der Waals surface area contributed by atoms with Crippen molar-refractivity contribution in [1.82, 2.24) is 14.8 Å². The molecular formula is C23H21FN6O. The summed E-state index contributed by atoms with van der Waals surface area (Å²) in [7, 11) is 0. The van der Waals surface area contributed by atoms with Crippen molar-refractivity contribution in [2.45, 2.75) is 0 Å². The normalized spacial score (nSPS) is 16.5. The van der Waals surface area contributed by atoms with E-state index in [1.165, 1.54) is 12.1 Å². The van der Waals surface area contributed by atoms with Crippen LogP contribution in [0.25, 0.3) is 5.69 Å². The van der Waals surface area contributed by atoms with E-state index >= 15 is 0 Å². The summed E-state index contributed by atoms with van der Waals surface area (Å²) in [5, 5.41) is 11.0. The van der Waals surface area contributed by atoms with Crippen molar-refractivity contribution < 1.29 is 9.13 Å². The summed E-state index contributed by atoms with van der Waals surface area (Å²) in [6.07, 6.45) is 7.22. The first kappa shape index (κ1) is 19.2. The average molecular weight is 416 g/mol. The standard InChI is InChI=1S/C23H21FN6O/c1-17-7-10-29(19-5-8-25-22(16-19)28-11-13-31-14-12-28)27-23(17)21-6-9-26-30(21)20-4-2-3-18(24)15-20/h2-10,15-16H,1,11-14H2. The molecule has 0 bridgehead atoms. The Hall–Kier alpha value is -3.78. The average Bonchev–Trinajstić information content (AvgIpc) is 3.30. The Bertz CT molecular complexity index is 1180. The van der Waals surface area contributed by atoms with Gasteiger partial charge in [0, 0.05) is 31.6 Å². The summed E-state index contributed by atoms with van der Waals surface area (Å²) in [5.74, 6) is 0.567. The highest BCUT2D eigenvalue weighted by Crippen LogP contribution is 2.26. The van der Waals surface area contributed by atoms with Crippen LogP contribution in [0.2, 0.25) is 0 Å². The Morgan fingerprint density at radius 3 is 2.71 bits per heavy atom. The van der Waals surface area contributed by atoms with Crippen LogP contribution in [0.15, 0.2) is 84.4 Å². The number of nitrogens with zero attached hydrogens (tertiary/aromatic N) is 6. The number of hydrogen-bond acceptors (Lipinski definition) is 6. The monoisotopic (exact) mass is 416 g/mol. The van der Waals surface area contributed by atoms with Crippen LogP contribution >= 0.6 is 0 Å². The molecule has 1 fully saturated rings. The maximum Gasteiger partial charge on any atom is 0.130 e. The Morgan fingerprint density at radius 1 is 1.00 bits per heavy atom. The summed E-state index contributed by atoms with van der Waals surface area (Å²) in [5.41, 5.74) is 3.64. The first-order chi connectivity index (χ1) is 15.2. The van der Waals surface area contributed by atoms with E-state index in [2.05, 4.69) is 21.6 Å². The molecule has 0 spiro atoms. The summed E-state index contributed by atoms with van der Waals surface area (Å²) in [4.78, 5) is 6.71. The molecule has 0 radical (unpaired) electrons. The van der Waals surface area contributed by atoms with Crippen molar-refractivity contribution in [2.75, 3.05) is 36.2 Å². The number of allylic oxidation sites excluding steroid dienone is 2. The van der Waals surface area contributed by atoms with E-state index in [-0.39, 0.29) is 5.82 Å². The Labute approximate surface area is 179 Å². The van der Waals surface area contributed by atoms with E-state index in [1.807, 2.05) is 30.5 Å². The molecule has 0 N–H and O–H groups in total. The third kappa shape index (κ3) is 3.85. The minimum atomic E-state index is -0.322. The van der Waals surface area contributed by atoms with Crippen molar-refractivity contribution in [3.63, 3.8) is 0 Å². The molecule has 7 nitrogen and oxygen atoms in total. The first-order valence-corrected chi connectivity index (χ1v) is 10.0. The third-order valence-electron chi connectivity index (χ3n) is 5.20. The van der Waals surface area contributed by atoms with Gasteiger partial charge in [0.1, 0.15) is 17.3 Å². The second kappa shape index (κ2) is 8.16. The number of hydrazone groups is 1. The highest BCUT2D eigenvalue weighted by Gasteiger charge is 2.20. The van der Waals surface area contributed by atoms with Crippen molar-refractivity contribution in [3.05, 3.63) is 90.8 Å². The van der Waals surface area contributed by atoms with Gasteiger partial charge in [0.15, 0.2) is 0 Å². The van der Waals surface area contributed by atoms with E-state index in [1.54, 1.807) is 34.2 Å².